The number of anilines is 1. The predicted molar refractivity (Wildman–Crippen MR) is 166 cm³/mol. The number of ketones is 1. The zero-order valence-corrected chi connectivity index (χ0v) is 24.9. The van der Waals surface area contributed by atoms with Crippen LogP contribution in [0.25, 0.3) is 0 Å². The summed E-state index contributed by atoms with van der Waals surface area (Å²) in [6, 6.07) is 25.5. The Hall–Kier alpha value is -3.75. The summed E-state index contributed by atoms with van der Waals surface area (Å²) in [5.74, 6) is 1.83. The van der Waals surface area contributed by atoms with Crippen LogP contribution in [0.3, 0.4) is 0 Å². The van der Waals surface area contributed by atoms with Gasteiger partial charge in [0, 0.05) is 34.9 Å². The molecule has 0 aromatic heterocycles. The highest BCUT2D eigenvalue weighted by molar-refractivity contribution is 7.97. The largest absolute Gasteiger partial charge is 0.384 e. The average molecular weight is 548 g/mol. The molecule has 0 amide bonds. The van der Waals surface area contributed by atoms with Crippen LogP contribution in [0.4, 0.5) is 5.69 Å². The first-order chi connectivity index (χ1) is 19.1. The summed E-state index contributed by atoms with van der Waals surface area (Å²) in [6.45, 7) is 10.5. The number of hydrogen-bond donors (Lipinski definition) is 1. The molecule has 0 saturated heterocycles. The number of nitrogens with zero attached hydrogens (tertiary/aromatic N) is 2. The number of benzene rings is 3. The van der Waals surface area contributed by atoms with E-state index in [0.29, 0.717) is 24.2 Å². The van der Waals surface area contributed by atoms with Gasteiger partial charge >= 0.3 is 0 Å². The number of carbonyl (C=O) groups is 1. The van der Waals surface area contributed by atoms with E-state index in [1.54, 1.807) is 0 Å². The zero-order chi connectivity index (χ0) is 28.6. The van der Waals surface area contributed by atoms with E-state index in [0.717, 1.165) is 45.2 Å². The summed E-state index contributed by atoms with van der Waals surface area (Å²) in [4.78, 5) is 15.9. The zero-order valence-electron chi connectivity index (χ0n) is 24.0. The van der Waals surface area contributed by atoms with Gasteiger partial charge in [0.1, 0.15) is 5.82 Å². The van der Waals surface area contributed by atoms with E-state index in [9.17, 15) is 10.1 Å². The molecule has 0 fully saturated rings. The van der Waals surface area contributed by atoms with Crippen LogP contribution in [-0.4, -0.2) is 5.78 Å². The molecule has 0 radical (unpaired) electrons. The van der Waals surface area contributed by atoms with Crippen molar-refractivity contribution in [2.24, 2.45) is 11.1 Å². The number of Topliss-reactive ketones (excluding diaryl/α,β-unsaturated/α-hetero) is 1. The Kier molecular flexibility index (Phi) is 7.66. The second-order valence-electron chi connectivity index (χ2n) is 11.9. The van der Waals surface area contributed by atoms with Crippen LogP contribution >= 0.6 is 11.8 Å². The van der Waals surface area contributed by atoms with Crippen LogP contribution in [0.1, 0.15) is 66.0 Å². The average Bonchev–Trinajstić information content (AvgIpc) is 2.89. The van der Waals surface area contributed by atoms with Gasteiger partial charge in [0.2, 0.25) is 0 Å². The van der Waals surface area contributed by atoms with Crippen molar-refractivity contribution >= 4 is 23.2 Å². The number of nitrogens with two attached hydrogens (primary N) is 1. The van der Waals surface area contributed by atoms with Crippen LogP contribution < -0.4 is 10.6 Å². The van der Waals surface area contributed by atoms with Gasteiger partial charge in [-0.3, -0.25) is 9.69 Å². The molecule has 0 bridgehead atoms. The summed E-state index contributed by atoms with van der Waals surface area (Å²) in [5.41, 5.74) is 16.6. The van der Waals surface area contributed by atoms with Crippen molar-refractivity contribution in [2.45, 2.75) is 64.9 Å². The SMILES string of the molecule is Cc1cccc(N2C(N)=C(C#N)C(c3cc(CSCc4ccccc4)c(C)cc3C)C3=C2CC(C)(C)CC3=O)c1. The van der Waals surface area contributed by atoms with E-state index >= 15 is 0 Å². The molecule has 2 N–H and O–H groups in total. The molecule has 1 unspecified atom stereocenters. The number of nitriles is 1. The molecule has 3 aromatic carbocycles. The van der Waals surface area contributed by atoms with E-state index in [1.165, 1.54) is 16.7 Å². The van der Waals surface area contributed by atoms with E-state index in [2.05, 4.69) is 76.2 Å². The van der Waals surface area contributed by atoms with Gasteiger partial charge in [0.05, 0.1) is 17.6 Å². The maximum Gasteiger partial charge on any atom is 0.162 e. The van der Waals surface area contributed by atoms with Crippen molar-refractivity contribution in [2.75, 3.05) is 4.90 Å². The van der Waals surface area contributed by atoms with Gasteiger partial charge in [-0.05, 0) is 78.1 Å². The minimum atomic E-state index is -0.469. The number of aryl methyl sites for hydroxylation is 3. The highest BCUT2D eigenvalue weighted by atomic mass is 32.2. The molecule has 204 valence electrons. The Balaban J connectivity index is 1.62. The van der Waals surface area contributed by atoms with Crippen molar-refractivity contribution in [3.05, 3.63) is 123 Å². The quantitative estimate of drug-likeness (QED) is 0.339. The number of rotatable bonds is 6. The first-order valence-electron chi connectivity index (χ1n) is 13.8. The third-order valence-corrected chi connectivity index (χ3v) is 9.10. The lowest BCUT2D eigenvalue weighted by atomic mass is 9.68. The minimum Gasteiger partial charge on any atom is -0.384 e. The third kappa shape index (κ3) is 5.33. The highest BCUT2D eigenvalue weighted by Crippen LogP contribution is 2.51. The van der Waals surface area contributed by atoms with E-state index in [1.807, 2.05) is 47.9 Å². The van der Waals surface area contributed by atoms with Gasteiger partial charge in [0.25, 0.3) is 0 Å². The van der Waals surface area contributed by atoms with Crippen molar-refractivity contribution < 1.29 is 4.79 Å². The molecule has 4 nitrogen and oxygen atoms in total. The smallest absolute Gasteiger partial charge is 0.162 e. The minimum absolute atomic E-state index is 0.106. The monoisotopic (exact) mass is 547 g/mol. The van der Waals surface area contributed by atoms with Crippen LogP contribution in [0, 0.1) is 37.5 Å². The summed E-state index contributed by atoms with van der Waals surface area (Å²) < 4.78 is 0. The molecule has 2 aliphatic rings. The summed E-state index contributed by atoms with van der Waals surface area (Å²) >= 11 is 1.88. The van der Waals surface area contributed by atoms with Crippen molar-refractivity contribution in [3.8, 4) is 6.07 Å². The second kappa shape index (κ2) is 11.0. The number of carbonyl (C=O) groups excluding carboxylic acids is 1. The lowest BCUT2D eigenvalue weighted by Gasteiger charge is -2.44. The van der Waals surface area contributed by atoms with Gasteiger partial charge in [-0.25, -0.2) is 0 Å². The molecule has 5 rings (SSSR count). The van der Waals surface area contributed by atoms with Gasteiger partial charge in [-0.15, -0.1) is 0 Å². The normalized spacial score (nSPS) is 18.6. The molecular weight excluding hydrogens is 510 g/mol. The lowest BCUT2D eigenvalue weighted by Crippen LogP contribution is -2.42. The molecule has 0 spiro atoms. The molecule has 40 heavy (non-hydrogen) atoms. The summed E-state index contributed by atoms with van der Waals surface area (Å²) in [5, 5.41) is 10.5. The molecule has 1 aliphatic carbocycles. The fourth-order valence-electron chi connectivity index (χ4n) is 6.12. The van der Waals surface area contributed by atoms with Crippen LogP contribution in [0.15, 0.2) is 89.4 Å². The fourth-order valence-corrected chi connectivity index (χ4v) is 7.18. The van der Waals surface area contributed by atoms with E-state index < -0.39 is 5.92 Å². The molecule has 3 aromatic rings. The molecule has 5 heteroatoms. The fraction of sp³-hybridized carbons (Fsp3) is 0.314. The van der Waals surface area contributed by atoms with Gasteiger partial charge in [0.15, 0.2) is 5.78 Å². The summed E-state index contributed by atoms with van der Waals surface area (Å²) in [7, 11) is 0. The Morgan fingerprint density at radius 2 is 1.73 bits per heavy atom. The second-order valence-corrected chi connectivity index (χ2v) is 12.9. The number of thioether (sulfide) groups is 1. The maximum absolute atomic E-state index is 14.0. The summed E-state index contributed by atoms with van der Waals surface area (Å²) in [6.07, 6.45) is 1.16. The molecular formula is C35H37N3OS. The van der Waals surface area contributed by atoms with Crippen molar-refractivity contribution in [1.29, 1.82) is 5.26 Å². The van der Waals surface area contributed by atoms with Gasteiger partial charge < -0.3 is 5.73 Å². The topological polar surface area (TPSA) is 70.1 Å². The molecule has 1 aliphatic heterocycles. The Bertz CT molecular complexity index is 1580. The van der Waals surface area contributed by atoms with Gasteiger partial charge in [-0.1, -0.05) is 68.4 Å². The first-order valence-corrected chi connectivity index (χ1v) is 15.0. The lowest BCUT2D eigenvalue weighted by molar-refractivity contribution is -0.118. The Morgan fingerprint density at radius 3 is 2.42 bits per heavy atom. The predicted octanol–water partition coefficient (Wildman–Crippen LogP) is 7.99. The number of allylic oxidation sites excluding steroid dienone is 3. The van der Waals surface area contributed by atoms with Crippen LogP contribution in [-0.2, 0) is 16.3 Å². The van der Waals surface area contributed by atoms with E-state index in [-0.39, 0.29) is 11.2 Å². The standard InChI is InChI=1S/C35H37N3OS/c1-22-10-9-13-27(14-22)38-30-17-35(4,5)18-31(39)33(30)32(29(19-36)34(38)37)28-16-26(23(2)15-24(28)3)21-40-20-25-11-7-6-8-12-25/h6-16,32H,17-18,20-21,37H2,1-5H3. The third-order valence-electron chi connectivity index (χ3n) is 8.05. The molecule has 0 saturated carbocycles. The van der Waals surface area contributed by atoms with Crippen LogP contribution in [0.5, 0.6) is 0 Å². The Labute approximate surface area is 242 Å². The van der Waals surface area contributed by atoms with Crippen molar-refractivity contribution in [3.63, 3.8) is 0 Å². The van der Waals surface area contributed by atoms with Gasteiger partial charge in [-0.2, -0.15) is 17.0 Å². The number of hydrogen-bond acceptors (Lipinski definition) is 5. The molecule has 1 heterocycles. The van der Waals surface area contributed by atoms with Crippen LogP contribution in [0.2, 0.25) is 0 Å². The molecule has 1 atom stereocenters. The van der Waals surface area contributed by atoms with Crippen molar-refractivity contribution in [1.82, 2.24) is 0 Å². The first kappa shape index (κ1) is 27.8. The maximum atomic E-state index is 14.0. The Morgan fingerprint density at radius 1 is 0.975 bits per heavy atom. The van der Waals surface area contributed by atoms with E-state index in [4.69, 9.17) is 5.73 Å². The highest BCUT2D eigenvalue weighted by Gasteiger charge is 2.45.